The monoisotopic (exact) mass is 225 g/mol. The summed E-state index contributed by atoms with van der Waals surface area (Å²) in [6.45, 7) is 5.64. The van der Waals surface area contributed by atoms with Crippen LogP contribution in [0, 0.1) is 11.2 Å². The quantitative estimate of drug-likeness (QED) is 0.831. The highest BCUT2D eigenvalue weighted by Crippen LogP contribution is 2.16. The van der Waals surface area contributed by atoms with E-state index in [-0.39, 0.29) is 17.8 Å². The molecule has 0 fully saturated rings. The van der Waals surface area contributed by atoms with Crippen molar-refractivity contribution in [2.45, 2.75) is 20.4 Å². The van der Waals surface area contributed by atoms with E-state index < -0.39 is 0 Å². The minimum atomic E-state index is -0.202. The molecule has 1 N–H and O–H groups in total. The van der Waals surface area contributed by atoms with Crippen molar-refractivity contribution in [1.29, 1.82) is 0 Å². The molecule has 0 saturated carbocycles. The van der Waals surface area contributed by atoms with Gasteiger partial charge >= 0.3 is 0 Å². The second kappa shape index (κ2) is 5.41. The highest BCUT2D eigenvalue weighted by molar-refractivity contribution is 5.16. The van der Waals surface area contributed by atoms with Crippen LogP contribution in [0.4, 0.5) is 4.39 Å². The molecule has 0 aromatic heterocycles. The van der Waals surface area contributed by atoms with Gasteiger partial charge in [-0.05, 0) is 24.7 Å². The highest BCUT2D eigenvalue weighted by atomic mass is 19.1. The maximum Gasteiger partial charge on any atom is 0.123 e. The molecule has 0 atom stereocenters. The van der Waals surface area contributed by atoms with Crippen LogP contribution in [0.2, 0.25) is 0 Å². The zero-order valence-corrected chi connectivity index (χ0v) is 10.2. The fourth-order valence-electron chi connectivity index (χ4n) is 1.78. The number of halogens is 1. The van der Waals surface area contributed by atoms with Crippen molar-refractivity contribution in [2.24, 2.45) is 5.41 Å². The molecule has 0 heterocycles. The van der Waals surface area contributed by atoms with Gasteiger partial charge in [0.2, 0.25) is 0 Å². The fraction of sp³-hybridized carbons (Fsp3) is 0.538. The molecule has 0 unspecified atom stereocenters. The Morgan fingerprint density at radius 3 is 2.62 bits per heavy atom. The van der Waals surface area contributed by atoms with Crippen LogP contribution in [-0.2, 0) is 6.54 Å². The number of aliphatic hydroxyl groups is 1. The number of benzene rings is 1. The van der Waals surface area contributed by atoms with Gasteiger partial charge in [0.25, 0.3) is 0 Å². The van der Waals surface area contributed by atoms with Crippen LogP contribution in [0.1, 0.15) is 19.4 Å². The maximum atomic E-state index is 13.0. The SMILES string of the molecule is CN(Cc1cccc(F)c1)CC(C)(C)CO. The van der Waals surface area contributed by atoms with E-state index in [0.29, 0.717) is 6.54 Å². The molecule has 0 aliphatic rings. The molecule has 0 aliphatic heterocycles. The Labute approximate surface area is 96.7 Å². The molecule has 3 heteroatoms. The van der Waals surface area contributed by atoms with Crippen LogP contribution in [0.15, 0.2) is 24.3 Å². The lowest BCUT2D eigenvalue weighted by Crippen LogP contribution is -2.33. The predicted molar refractivity (Wildman–Crippen MR) is 63.6 cm³/mol. The standard InChI is InChI=1S/C13H20FNO/c1-13(2,10-16)9-15(3)8-11-5-4-6-12(14)7-11/h4-7,16H,8-10H2,1-3H3. The third-order valence-corrected chi connectivity index (χ3v) is 2.47. The van der Waals surface area contributed by atoms with E-state index in [1.54, 1.807) is 12.1 Å². The molecular weight excluding hydrogens is 205 g/mol. The lowest BCUT2D eigenvalue weighted by atomic mass is 9.94. The summed E-state index contributed by atoms with van der Waals surface area (Å²) in [4.78, 5) is 2.09. The lowest BCUT2D eigenvalue weighted by Gasteiger charge is -2.28. The maximum absolute atomic E-state index is 13.0. The van der Waals surface area contributed by atoms with Crippen LogP contribution < -0.4 is 0 Å². The van der Waals surface area contributed by atoms with Crippen LogP contribution in [-0.4, -0.2) is 30.2 Å². The molecule has 0 amide bonds. The van der Waals surface area contributed by atoms with Crippen molar-refractivity contribution >= 4 is 0 Å². The van der Waals surface area contributed by atoms with Gasteiger partial charge in [0.1, 0.15) is 5.82 Å². The molecule has 0 spiro atoms. The molecule has 16 heavy (non-hydrogen) atoms. The van der Waals surface area contributed by atoms with E-state index >= 15 is 0 Å². The number of hydrogen-bond acceptors (Lipinski definition) is 2. The van der Waals surface area contributed by atoms with Gasteiger partial charge in [-0.1, -0.05) is 26.0 Å². The fourth-order valence-corrected chi connectivity index (χ4v) is 1.78. The van der Waals surface area contributed by atoms with Crippen molar-refractivity contribution in [3.8, 4) is 0 Å². The van der Waals surface area contributed by atoms with Gasteiger partial charge in [-0.15, -0.1) is 0 Å². The van der Waals surface area contributed by atoms with Crippen molar-refractivity contribution in [3.63, 3.8) is 0 Å². The molecule has 0 radical (unpaired) electrons. The average molecular weight is 225 g/mol. The van der Waals surface area contributed by atoms with E-state index in [1.807, 2.05) is 27.0 Å². The van der Waals surface area contributed by atoms with Crippen LogP contribution in [0.5, 0.6) is 0 Å². The number of aliphatic hydroxyl groups excluding tert-OH is 1. The van der Waals surface area contributed by atoms with Gasteiger partial charge < -0.3 is 10.0 Å². The largest absolute Gasteiger partial charge is 0.396 e. The molecule has 0 saturated heterocycles. The first kappa shape index (κ1) is 13.1. The van der Waals surface area contributed by atoms with E-state index in [0.717, 1.165) is 12.1 Å². The van der Waals surface area contributed by atoms with Gasteiger partial charge in [0.15, 0.2) is 0 Å². The van der Waals surface area contributed by atoms with Crippen LogP contribution >= 0.6 is 0 Å². The third-order valence-electron chi connectivity index (χ3n) is 2.47. The van der Waals surface area contributed by atoms with Gasteiger partial charge in [-0.2, -0.15) is 0 Å². The third kappa shape index (κ3) is 4.29. The number of hydrogen-bond donors (Lipinski definition) is 1. The van der Waals surface area contributed by atoms with Gasteiger partial charge in [-0.25, -0.2) is 4.39 Å². The number of nitrogens with zero attached hydrogens (tertiary/aromatic N) is 1. The Morgan fingerprint density at radius 2 is 2.06 bits per heavy atom. The first-order chi connectivity index (χ1) is 7.43. The molecule has 1 aromatic rings. The Bertz CT molecular complexity index is 338. The Morgan fingerprint density at radius 1 is 1.38 bits per heavy atom. The lowest BCUT2D eigenvalue weighted by molar-refractivity contribution is 0.112. The normalized spacial score (nSPS) is 12.1. The molecule has 1 aromatic carbocycles. The Balaban J connectivity index is 2.55. The molecule has 1 rings (SSSR count). The molecule has 90 valence electrons. The first-order valence-electron chi connectivity index (χ1n) is 5.47. The van der Waals surface area contributed by atoms with Crippen molar-refractivity contribution in [3.05, 3.63) is 35.6 Å². The molecule has 0 aliphatic carbocycles. The van der Waals surface area contributed by atoms with Crippen molar-refractivity contribution < 1.29 is 9.50 Å². The first-order valence-corrected chi connectivity index (χ1v) is 5.47. The summed E-state index contributed by atoms with van der Waals surface area (Å²) in [7, 11) is 1.97. The van der Waals surface area contributed by atoms with Crippen LogP contribution in [0.25, 0.3) is 0 Å². The summed E-state index contributed by atoms with van der Waals surface area (Å²) in [5.41, 5.74) is 0.832. The van der Waals surface area contributed by atoms with E-state index in [1.165, 1.54) is 6.07 Å². The summed E-state index contributed by atoms with van der Waals surface area (Å²) < 4.78 is 13.0. The Kier molecular flexibility index (Phi) is 4.44. The zero-order valence-electron chi connectivity index (χ0n) is 10.2. The Hall–Kier alpha value is -0.930. The second-order valence-corrected chi connectivity index (χ2v) is 5.12. The molecular formula is C13H20FNO. The summed E-state index contributed by atoms with van der Waals surface area (Å²) in [6.07, 6.45) is 0. The van der Waals surface area contributed by atoms with E-state index in [2.05, 4.69) is 4.90 Å². The average Bonchev–Trinajstić information content (AvgIpc) is 2.16. The van der Waals surface area contributed by atoms with Crippen molar-refractivity contribution in [1.82, 2.24) is 4.90 Å². The minimum Gasteiger partial charge on any atom is -0.396 e. The van der Waals surface area contributed by atoms with Crippen molar-refractivity contribution in [2.75, 3.05) is 20.2 Å². The second-order valence-electron chi connectivity index (χ2n) is 5.12. The zero-order chi connectivity index (χ0) is 12.2. The van der Waals surface area contributed by atoms with E-state index in [4.69, 9.17) is 5.11 Å². The molecule has 0 bridgehead atoms. The van der Waals surface area contributed by atoms with Gasteiger partial charge in [0.05, 0.1) is 0 Å². The summed E-state index contributed by atoms with van der Waals surface area (Å²) in [5, 5.41) is 9.17. The van der Waals surface area contributed by atoms with Gasteiger partial charge in [-0.3, -0.25) is 0 Å². The summed E-state index contributed by atoms with van der Waals surface area (Å²) in [6, 6.07) is 6.62. The molecule has 2 nitrogen and oxygen atoms in total. The summed E-state index contributed by atoms with van der Waals surface area (Å²) >= 11 is 0. The highest BCUT2D eigenvalue weighted by Gasteiger charge is 2.18. The topological polar surface area (TPSA) is 23.5 Å². The van der Waals surface area contributed by atoms with Gasteiger partial charge in [0, 0.05) is 25.1 Å². The minimum absolute atomic E-state index is 0.123. The number of rotatable bonds is 5. The predicted octanol–water partition coefficient (Wildman–Crippen LogP) is 2.28. The van der Waals surface area contributed by atoms with E-state index in [9.17, 15) is 4.39 Å². The van der Waals surface area contributed by atoms with Crippen LogP contribution in [0.3, 0.4) is 0 Å². The smallest absolute Gasteiger partial charge is 0.123 e. The summed E-state index contributed by atoms with van der Waals surface area (Å²) in [5.74, 6) is -0.202.